The highest BCUT2D eigenvalue weighted by atomic mass is 35.5. The SMILES string of the molecule is O=C1c2[nH]nc(-c3ccccc3O)c2[C@H](c2ccc(Cl)cc2)N1CCCO. The van der Waals surface area contributed by atoms with Crippen LogP contribution in [0.5, 0.6) is 5.75 Å². The third-order valence-corrected chi connectivity index (χ3v) is 5.02. The molecular formula is C20H18ClN3O3. The van der Waals surface area contributed by atoms with Crippen LogP contribution < -0.4 is 0 Å². The normalized spacial score (nSPS) is 16.0. The van der Waals surface area contributed by atoms with E-state index in [9.17, 15) is 15.0 Å². The van der Waals surface area contributed by atoms with E-state index in [4.69, 9.17) is 11.6 Å². The molecule has 0 saturated carbocycles. The van der Waals surface area contributed by atoms with Gasteiger partial charge in [-0.3, -0.25) is 9.89 Å². The molecule has 138 valence electrons. The summed E-state index contributed by atoms with van der Waals surface area (Å²) in [5, 5.41) is 27.3. The average Bonchev–Trinajstić information content (AvgIpc) is 3.21. The van der Waals surface area contributed by atoms with Gasteiger partial charge in [0.1, 0.15) is 17.1 Å². The second-order valence-electron chi connectivity index (χ2n) is 6.41. The first-order valence-electron chi connectivity index (χ1n) is 8.65. The number of nitrogens with zero attached hydrogens (tertiary/aromatic N) is 2. The van der Waals surface area contributed by atoms with Crippen LogP contribution in [0.15, 0.2) is 48.5 Å². The van der Waals surface area contributed by atoms with Crippen LogP contribution in [-0.2, 0) is 0 Å². The molecule has 6 nitrogen and oxygen atoms in total. The molecule has 1 aromatic heterocycles. The summed E-state index contributed by atoms with van der Waals surface area (Å²) in [6, 6.07) is 13.9. The molecular weight excluding hydrogens is 366 g/mol. The van der Waals surface area contributed by atoms with Crippen molar-refractivity contribution in [1.82, 2.24) is 15.1 Å². The predicted octanol–water partition coefficient (Wildman–Crippen LogP) is 3.36. The number of hydrogen-bond donors (Lipinski definition) is 3. The van der Waals surface area contributed by atoms with Gasteiger partial charge in [0.15, 0.2) is 0 Å². The monoisotopic (exact) mass is 383 g/mol. The van der Waals surface area contributed by atoms with Gasteiger partial charge in [-0.1, -0.05) is 35.9 Å². The van der Waals surface area contributed by atoms with E-state index < -0.39 is 0 Å². The van der Waals surface area contributed by atoms with Gasteiger partial charge in [0.05, 0.1) is 6.04 Å². The standard InChI is InChI=1S/C20H18ClN3O3/c21-13-8-6-12(7-9-13)19-16-17(14-4-1-2-5-15(14)26)22-23-18(16)20(27)24(19)10-3-11-25/h1-2,4-9,19,25-26H,3,10-11H2,(H,22,23)/t19-/m0/s1. The Balaban J connectivity index is 1.88. The molecule has 27 heavy (non-hydrogen) atoms. The van der Waals surface area contributed by atoms with E-state index in [-0.39, 0.29) is 24.3 Å². The molecule has 0 radical (unpaired) electrons. The van der Waals surface area contributed by atoms with Gasteiger partial charge < -0.3 is 15.1 Å². The van der Waals surface area contributed by atoms with E-state index in [1.54, 1.807) is 35.2 Å². The highest BCUT2D eigenvalue weighted by molar-refractivity contribution is 6.30. The maximum absolute atomic E-state index is 13.0. The summed E-state index contributed by atoms with van der Waals surface area (Å²) in [4.78, 5) is 14.7. The highest BCUT2D eigenvalue weighted by Gasteiger charge is 2.42. The number of phenolic OH excluding ortho intramolecular Hbond substituents is 1. The van der Waals surface area contributed by atoms with Gasteiger partial charge in [-0.25, -0.2) is 0 Å². The lowest BCUT2D eigenvalue weighted by Crippen LogP contribution is -2.31. The second-order valence-corrected chi connectivity index (χ2v) is 6.84. The van der Waals surface area contributed by atoms with Crippen molar-refractivity contribution in [1.29, 1.82) is 0 Å². The van der Waals surface area contributed by atoms with Gasteiger partial charge in [-0.05, 0) is 36.2 Å². The number of aliphatic hydroxyl groups excluding tert-OH is 1. The quantitative estimate of drug-likeness (QED) is 0.630. The van der Waals surface area contributed by atoms with Crippen molar-refractivity contribution in [2.75, 3.05) is 13.2 Å². The number of hydrogen-bond acceptors (Lipinski definition) is 4. The summed E-state index contributed by atoms with van der Waals surface area (Å²) in [6.45, 7) is 0.404. The third kappa shape index (κ3) is 2.97. The summed E-state index contributed by atoms with van der Waals surface area (Å²) in [7, 11) is 0. The molecule has 0 bridgehead atoms. The summed E-state index contributed by atoms with van der Waals surface area (Å²) >= 11 is 6.03. The number of aromatic amines is 1. The van der Waals surface area contributed by atoms with Crippen molar-refractivity contribution < 1.29 is 15.0 Å². The van der Waals surface area contributed by atoms with E-state index in [0.717, 1.165) is 11.1 Å². The molecule has 1 amide bonds. The number of aromatic nitrogens is 2. The van der Waals surface area contributed by atoms with Gasteiger partial charge in [-0.15, -0.1) is 0 Å². The number of carbonyl (C=O) groups excluding carboxylic acids is 1. The molecule has 7 heteroatoms. The Labute approximate surface area is 161 Å². The molecule has 0 saturated heterocycles. The molecule has 0 fully saturated rings. The second kappa shape index (κ2) is 7.06. The molecule has 4 rings (SSSR count). The van der Waals surface area contributed by atoms with Crippen molar-refractivity contribution in [3.05, 3.63) is 70.4 Å². The van der Waals surface area contributed by atoms with Gasteiger partial charge in [0.2, 0.25) is 0 Å². The number of aromatic hydroxyl groups is 1. The minimum atomic E-state index is -0.371. The van der Waals surface area contributed by atoms with E-state index in [2.05, 4.69) is 10.2 Å². The number of para-hydroxylation sites is 1. The van der Waals surface area contributed by atoms with Crippen LogP contribution in [-0.4, -0.2) is 44.4 Å². The summed E-state index contributed by atoms with van der Waals surface area (Å²) < 4.78 is 0. The number of fused-ring (bicyclic) bond motifs is 1. The van der Waals surface area contributed by atoms with E-state index >= 15 is 0 Å². The molecule has 1 aliphatic rings. The minimum Gasteiger partial charge on any atom is -0.507 e. The van der Waals surface area contributed by atoms with Crippen LogP contribution in [0.4, 0.5) is 0 Å². The van der Waals surface area contributed by atoms with E-state index in [1.807, 2.05) is 18.2 Å². The molecule has 2 heterocycles. The molecule has 2 aromatic carbocycles. The van der Waals surface area contributed by atoms with Crippen LogP contribution in [0, 0.1) is 0 Å². The number of halogens is 1. The largest absolute Gasteiger partial charge is 0.507 e. The highest BCUT2D eigenvalue weighted by Crippen LogP contribution is 2.44. The number of carbonyl (C=O) groups is 1. The van der Waals surface area contributed by atoms with Crippen molar-refractivity contribution in [2.24, 2.45) is 0 Å². The van der Waals surface area contributed by atoms with Crippen LogP contribution in [0.2, 0.25) is 5.02 Å². The van der Waals surface area contributed by atoms with Crippen LogP contribution in [0.1, 0.15) is 34.1 Å². The van der Waals surface area contributed by atoms with Gasteiger partial charge >= 0.3 is 0 Å². The van der Waals surface area contributed by atoms with Crippen molar-refractivity contribution >= 4 is 17.5 Å². The molecule has 3 N–H and O–H groups in total. The Bertz CT molecular complexity index is 984. The molecule has 3 aromatic rings. The number of amides is 1. The average molecular weight is 384 g/mol. The lowest BCUT2D eigenvalue weighted by Gasteiger charge is -2.26. The number of rotatable bonds is 5. The molecule has 1 atom stereocenters. The molecule has 0 spiro atoms. The maximum atomic E-state index is 13.0. The zero-order valence-electron chi connectivity index (χ0n) is 14.4. The minimum absolute atomic E-state index is 0.00433. The molecule has 0 unspecified atom stereocenters. The number of H-pyrrole nitrogens is 1. The topological polar surface area (TPSA) is 89.5 Å². The zero-order chi connectivity index (χ0) is 19.0. The Morgan fingerprint density at radius 1 is 1.15 bits per heavy atom. The number of phenols is 1. The van der Waals surface area contributed by atoms with Crippen molar-refractivity contribution in [3.8, 4) is 17.0 Å². The number of benzene rings is 2. The third-order valence-electron chi connectivity index (χ3n) is 4.77. The van der Waals surface area contributed by atoms with Crippen LogP contribution in [0.25, 0.3) is 11.3 Å². The number of aliphatic hydroxyl groups is 1. The molecule has 1 aliphatic heterocycles. The first-order chi connectivity index (χ1) is 13.1. The van der Waals surface area contributed by atoms with Crippen LogP contribution in [0.3, 0.4) is 0 Å². The molecule has 0 aliphatic carbocycles. The Morgan fingerprint density at radius 2 is 1.89 bits per heavy atom. The zero-order valence-corrected chi connectivity index (χ0v) is 15.1. The number of nitrogens with one attached hydrogen (secondary N) is 1. The van der Waals surface area contributed by atoms with Crippen molar-refractivity contribution in [2.45, 2.75) is 12.5 Å². The Kier molecular flexibility index (Phi) is 4.59. The first-order valence-corrected chi connectivity index (χ1v) is 9.03. The summed E-state index contributed by atoms with van der Waals surface area (Å²) in [5.74, 6) is -0.0736. The van der Waals surface area contributed by atoms with Gasteiger partial charge in [-0.2, -0.15) is 5.10 Å². The van der Waals surface area contributed by atoms with E-state index in [0.29, 0.717) is 34.9 Å². The maximum Gasteiger partial charge on any atom is 0.273 e. The predicted molar refractivity (Wildman–Crippen MR) is 102 cm³/mol. The fraction of sp³-hybridized carbons (Fsp3) is 0.200. The van der Waals surface area contributed by atoms with Crippen molar-refractivity contribution in [3.63, 3.8) is 0 Å². The lowest BCUT2D eigenvalue weighted by atomic mass is 9.95. The fourth-order valence-corrected chi connectivity index (χ4v) is 3.67. The van der Waals surface area contributed by atoms with E-state index in [1.165, 1.54) is 0 Å². The summed E-state index contributed by atoms with van der Waals surface area (Å²) in [5.41, 5.74) is 3.13. The lowest BCUT2D eigenvalue weighted by molar-refractivity contribution is 0.0732. The smallest absolute Gasteiger partial charge is 0.273 e. The van der Waals surface area contributed by atoms with Gasteiger partial charge in [0, 0.05) is 29.3 Å². The van der Waals surface area contributed by atoms with Gasteiger partial charge in [0.25, 0.3) is 5.91 Å². The van der Waals surface area contributed by atoms with Crippen LogP contribution >= 0.6 is 11.6 Å². The Hall–Kier alpha value is -2.83. The first kappa shape index (κ1) is 17.6. The Morgan fingerprint density at radius 3 is 2.59 bits per heavy atom. The summed E-state index contributed by atoms with van der Waals surface area (Å²) in [6.07, 6.45) is 0.472. The fourth-order valence-electron chi connectivity index (χ4n) is 3.54.